The Labute approximate surface area is 160 Å². The van der Waals surface area contributed by atoms with Crippen molar-refractivity contribution >= 4 is 34.0 Å². The van der Waals surface area contributed by atoms with Gasteiger partial charge in [0.1, 0.15) is 11.6 Å². The van der Waals surface area contributed by atoms with E-state index in [-0.39, 0.29) is 29.6 Å². The van der Waals surface area contributed by atoms with Crippen molar-refractivity contribution in [3.05, 3.63) is 40.3 Å². The second kappa shape index (κ2) is 7.79. The summed E-state index contributed by atoms with van der Waals surface area (Å²) in [7, 11) is 0. The normalized spacial score (nSPS) is 15.1. The van der Waals surface area contributed by atoms with Crippen LogP contribution in [0.1, 0.15) is 39.4 Å². The van der Waals surface area contributed by atoms with Crippen molar-refractivity contribution < 1.29 is 28.6 Å². The van der Waals surface area contributed by atoms with Crippen LogP contribution in [-0.2, 0) is 9.53 Å². The second-order valence-corrected chi connectivity index (χ2v) is 6.91. The third-order valence-electron chi connectivity index (χ3n) is 3.98. The van der Waals surface area contributed by atoms with Gasteiger partial charge in [0.2, 0.25) is 6.10 Å². The maximum Gasteiger partial charge on any atom is 0.341 e. The molecule has 1 aromatic carbocycles. The molecule has 1 aromatic heterocycles. The molecule has 3 rings (SSSR count). The number of hydrogen-bond acceptors (Lipinski definition) is 7. The number of ketones is 1. The molecule has 2 heterocycles. The van der Waals surface area contributed by atoms with E-state index in [1.165, 1.54) is 6.92 Å². The lowest BCUT2D eigenvalue weighted by Crippen LogP contribution is -2.40. The van der Waals surface area contributed by atoms with Gasteiger partial charge in [-0.1, -0.05) is 12.1 Å². The zero-order chi connectivity index (χ0) is 19.6. The Bertz CT molecular complexity index is 904. The van der Waals surface area contributed by atoms with Gasteiger partial charge in [-0.2, -0.15) is 0 Å². The van der Waals surface area contributed by atoms with E-state index in [1.807, 2.05) is 6.07 Å². The van der Waals surface area contributed by atoms with Crippen molar-refractivity contribution in [1.29, 1.82) is 0 Å². The first kappa shape index (κ1) is 18.9. The predicted octanol–water partition coefficient (Wildman–Crippen LogP) is 3.21. The molecule has 0 unspecified atom stereocenters. The number of esters is 1. The quantitative estimate of drug-likeness (QED) is 0.624. The summed E-state index contributed by atoms with van der Waals surface area (Å²) in [5.74, 6) is -0.192. The smallest absolute Gasteiger partial charge is 0.341 e. The minimum absolute atomic E-state index is 0.0432. The summed E-state index contributed by atoms with van der Waals surface area (Å²) >= 11 is 1.05. The number of fused-ring (bicyclic) bond motifs is 1. The molecule has 0 bridgehead atoms. The summed E-state index contributed by atoms with van der Waals surface area (Å²) in [6.45, 7) is 4.99. The zero-order valence-corrected chi connectivity index (χ0v) is 16.0. The molecular formula is C19H19NO6S. The first-order chi connectivity index (χ1) is 12.9. The van der Waals surface area contributed by atoms with E-state index in [9.17, 15) is 14.4 Å². The van der Waals surface area contributed by atoms with Gasteiger partial charge in [-0.25, -0.2) is 4.79 Å². The number of anilines is 1. The number of ether oxygens (including phenoxy) is 3. The number of Topliss-reactive ketones (excluding diaryl/α,β-unsaturated/α-hetero) is 1. The van der Waals surface area contributed by atoms with Gasteiger partial charge in [0.25, 0.3) is 5.91 Å². The maximum absolute atomic E-state index is 12.7. The molecule has 1 atom stereocenters. The number of para-hydroxylation sites is 2. The van der Waals surface area contributed by atoms with Crippen LogP contribution >= 0.6 is 11.3 Å². The van der Waals surface area contributed by atoms with Crippen molar-refractivity contribution in [2.75, 3.05) is 18.5 Å². The molecule has 0 radical (unpaired) electrons. The number of amides is 1. The molecular weight excluding hydrogens is 370 g/mol. The Morgan fingerprint density at radius 2 is 1.96 bits per heavy atom. The number of carbonyl (C=O) groups is 3. The number of hydrogen-bond donors (Lipinski definition) is 1. The highest BCUT2D eigenvalue weighted by atomic mass is 32.1. The van der Waals surface area contributed by atoms with Crippen LogP contribution in [0.5, 0.6) is 11.5 Å². The minimum Gasteiger partial charge on any atom is -0.485 e. The lowest BCUT2D eigenvalue weighted by molar-refractivity contribution is -0.125. The number of rotatable bonds is 5. The lowest BCUT2D eigenvalue weighted by atomic mass is 10.1. The standard InChI is InChI=1S/C19H19NO6S/c1-4-24-19(23)15-10(2)16(11(3)21)27-18(15)20-17(22)14-9-25-12-7-5-6-8-13(12)26-14/h5-8,14H,4,9H2,1-3H3,(H,20,22)/t14-/m0/s1. The highest BCUT2D eigenvalue weighted by molar-refractivity contribution is 7.18. The van der Waals surface area contributed by atoms with Gasteiger partial charge in [0, 0.05) is 0 Å². The summed E-state index contributed by atoms with van der Waals surface area (Å²) in [4.78, 5) is 37.2. The Kier molecular flexibility index (Phi) is 5.46. The molecule has 2 aromatic rings. The monoisotopic (exact) mass is 389 g/mol. The van der Waals surface area contributed by atoms with Crippen molar-refractivity contribution in [1.82, 2.24) is 0 Å². The van der Waals surface area contributed by atoms with Crippen LogP contribution in [0.25, 0.3) is 0 Å². The van der Waals surface area contributed by atoms with E-state index >= 15 is 0 Å². The molecule has 0 fully saturated rings. The topological polar surface area (TPSA) is 90.9 Å². The molecule has 1 aliphatic rings. The minimum atomic E-state index is -0.877. The first-order valence-corrected chi connectivity index (χ1v) is 9.24. The second-order valence-electron chi connectivity index (χ2n) is 5.89. The van der Waals surface area contributed by atoms with Crippen LogP contribution in [0.2, 0.25) is 0 Å². The summed E-state index contributed by atoms with van der Waals surface area (Å²) < 4.78 is 16.3. The fourth-order valence-electron chi connectivity index (χ4n) is 2.73. The highest BCUT2D eigenvalue weighted by Crippen LogP contribution is 2.35. The maximum atomic E-state index is 12.7. The van der Waals surface area contributed by atoms with E-state index in [4.69, 9.17) is 14.2 Å². The molecule has 0 saturated heterocycles. The largest absolute Gasteiger partial charge is 0.485 e. The fourth-order valence-corrected chi connectivity index (χ4v) is 3.82. The van der Waals surface area contributed by atoms with E-state index < -0.39 is 18.0 Å². The fraction of sp³-hybridized carbons (Fsp3) is 0.316. The summed E-state index contributed by atoms with van der Waals surface area (Å²) in [5, 5.41) is 2.96. The van der Waals surface area contributed by atoms with Crippen LogP contribution in [0.15, 0.2) is 24.3 Å². The van der Waals surface area contributed by atoms with Crippen LogP contribution in [0.3, 0.4) is 0 Å². The molecule has 0 spiro atoms. The average Bonchev–Trinajstić information content (AvgIpc) is 2.97. The average molecular weight is 389 g/mol. The van der Waals surface area contributed by atoms with Crippen LogP contribution in [-0.4, -0.2) is 37.0 Å². The molecule has 1 N–H and O–H groups in total. The van der Waals surface area contributed by atoms with Crippen molar-refractivity contribution in [2.24, 2.45) is 0 Å². The van der Waals surface area contributed by atoms with Gasteiger partial charge in [-0.05, 0) is 38.5 Å². The highest BCUT2D eigenvalue weighted by Gasteiger charge is 2.31. The third kappa shape index (κ3) is 3.80. The Hall–Kier alpha value is -2.87. The number of nitrogens with one attached hydrogen (secondary N) is 1. The number of benzene rings is 1. The summed E-state index contributed by atoms with van der Waals surface area (Å²) in [6, 6.07) is 7.06. The Morgan fingerprint density at radius 1 is 1.26 bits per heavy atom. The van der Waals surface area contributed by atoms with E-state index in [0.29, 0.717) is 21.9 Å². The van der Waals surface area contributed by atoms with Gasteiger partial charge >= 0.3 is 5.97 Å². The lowest BCUT2D eigenvalue weighted by Gasteiger charge is -2.25. The van der Waals surface area contributed by atoms with Crippen LogP contribution in [0, 0.1) is 6.92 Å². The summed E-state index contributed by atoms with van der Waals surface area (Å²) in [6.07, 6.45) is -0.877. The number of carbonyl (C=O) groups excluding carboxylic acids is 3. The molecule has 0 aliphatic carbocycles. The molecule has 8 heteroatoms. The first-order valence-electron chi connectivity index (χ1n) is 8.43. The Balaban J connectivity index is 1.84. The third-order valence-corrected chi connectivity index (χ3v) is 5.29. The van der Waals surface area contributed by atoms with Gasteiger partial charge < -0.3 is 19.5 Å². The van der Waals surface area contributed by atoms with Crippen LogP contribution < -0.4 is 14.8 Å². The van der Waals surface area contributed by atoms with Crippen molar-refractivity contribution in [3.63, 3.8) is 0 Å². The Morgan fingerprint density at radius 3 is 2.63 bits per heavy atom. The van der Waals surface area contributed by atoms with Gasteiger partial charge in [-0.3, -0.25) is 9.59 Å². The molecule has 142 valence electrons. The summed E-state index contributed by atoms with van der Waals surface area (Å²) in [5.41, 5.74) is 0.685. The van der Waals surface area contributed by atoms with Gasteiger partial charge in [-0.15, -0.1) is 11.3 Å². The van der Waals surface area contributed by atoms with E-state index in [0.717, 1.165) is 11.3 Å². The zero-order valence-electron chi connectivity index (χ0n) is 15.2. The predicted molar refractivity (Wildman–Crippen MR) is 100.0 cm³/mol. The number of thiophene rings is 1. The SMILES string of the molecule is CCOC(=O)c1c(NC(=O)[C@@H]2COc3ccccc3O2)sc(C(C)=O)c1C. The van der Waals surface area contributed by atoms with E-state index in [1.54, 1.807) is 32.0 Å². The molecule has 1 aliphatic heterocycles. The molecule has 0 saturated carbocycles. The molecule has 7 nitrogen and oxygen atoms in total. The van der Waals surface area contributed by atoms with Crippen molar-refractivity contribution in [2.45, 2.75) is 26.9 Å². The van der Waals surface area contributed by atoms with Crippen LogP contribution in [0.4, 0.5) is 5.00 Å². The molecule has 27 heavy (non-hydrogen) atoms. The van der Waals surface area contributed by atoms with Gasteiger partial charge in [0.15, 0.2) is 17.3 Å². The van der Waals surface area contributed by atoms with E-state index in [2.05, 4.69) is 5.32 Å². The van der Waals surface area contributed by atoms with Gasteiger partial charge in [0.05, 0.1) is 17.0 Å². The molecule has 1 amide bonds. The van der Waals surface area contributed by atoms with Crippen molar-refractivity contribution in [3.8, 4) is 11.5 Å².